The van der Waals surface area contributed by atoms with E-state index in [9.17, 15) is 0 Å². The van der Waals surface area contributed by atoms with Crippen LogP contribution in [0.5, 0.6) is 0 Å². The first kappa shape index (κ1) is 7.65. The summed E-state index contributed by atoms with van der Waals surface area (Å²) in [5.41, 5.74) is 0.706. The SMILES string of the molecule is C=Nc1cncnc1N(C)C. The predicted octanol–water partition coefficient (Wildman–Crippen LogP) is 0.875. The van der Waals surface area contributed by atoms with E-state index >= 15 is 0 Å². The van der Waals surface area contributed by atoms with Crippen molar-refractivity contribution >= 4 is 18.2 Å². The van der Waals surface area contributed by atoms with Gasteiger partial charge in [0.2, 0.25) is 0 Å². The number of hydrogen-bond donors (Lipinski definition) is 0. The van der Waals surface area contributed by atoms with Crippen LogP contribution in [0.15, 0.2) is 17.5 Å². The molecule has 58 valence electrons. The molecule has 0 saturated heterocycles. The third kappa shape index (κ3) is 1.52. The van der Waals surface area contributed by atoms with E-state index in [-0.39, 0.29) is 0 Å². The zero-order valence-corrected chi connectivity index (χ0v) is 6.65. The van der Waals surface area contributed by atoms with Crippen LogP contribution in [0.2, 0.25) is 0 Å². The van der Waals surface area contributed by atoms with Gasteiger partial charge in [0, 0.05) is 14.1 Å². The standard InChI is InChI=1S/C7H10N4/c1-8-6-4-9-5-10-7(6)11(2)3/h4-5H,1H2,2-3H3. The van der Waals surface area contributed by atoms with Crippen LogP contribution in [-0.4, -0.2) is 30.8 Å². The first-order valence-corrected chi connectivity index (χ1v) is 3.19. The number of aliphatic imine (C=N–C) groups is 1. The molecule has 0 atom stereocenters. The van der Waals surface area contributed by atoms with Crippen LogP contribution >= 0.6 is 0 Å². The van der Waals surface area contributed by atoms with Crippen molar-refractivity contribution in [3.05, 3.63) is 12.5 Å². The largest absolute Gasteiger partial charge is 0.361 e. The average Bonchev–Trinajstić information content (AvgIpc) is 2.04. The molecule has 0 amide bonds. The fraction of sp³-hybridized carbons (Fsp3) is 0.286. The maximum Gasteiger partial charge on any atom is 0.157 e. The molecular weight excluding hydrogens is 140 g/mol. The molecule has 0 fully saturated rings. The summed E-state index contributed by atoms with van der Waals surface area (Å²) < 4.78 is 0. The lowest BCUT2D eigenvalue weighted by Crippen LogP contribution is -2.10. The summed E-state index contributed by atoms with van der Waals surface area (Å²) in [5, 5.41) is 0. The quantitative estimate of drug-likeness (QED) is 0.587. The van der Waals surface area contributed by atoms with Crippen molar-refractivity contribution in [1.29, 1.82) is 0 Å². The number of rotatable bonds is 2. The third-order valence-corrected chi connectivity index (χ3v) is 1.27. The summed E-state index contributed by atoms with van der Waals surface area (Å²) >= 11 is 0. The minimum atomic E-state index is 0.706. The second-order valence-corrected chi connectivity index (χ2v) is 2.28. The second kappa shape index (κ2) is 3.09. The maximum atomic E-state index is 4.03. The van der Waals surface area contributed by atoms with E-state index in [0.717, 1.165) is 5.82 Å². The summed E-state index contributed by atoms with van der Waals surface area (Å²) in [6.45, 7) is 3.42. The molecule has 1 aromatic heterocycles. The van der Waals surface area contributed by atoms with Gasteiger partial charge in [0.25, 0.3) is 0 Å². The van der Waals surface area contributed by atoms with Gasteiger partial charge >= 0.3 is 0 Å². The van der Waals surface area contributed by atoms with Gasteiger partial charge in [-0.05, 0) is 6.72 Å². The molecule has 0 aliphatic rings. The van der Waals surface area contributed by atoms with E-state index in [4.69, 9.17) is 0 Å². The molecule has 1 heterocycles. The van der Waals surface area contributed by atoms with E-state index in [0.29, 0.717) is 5.69 Å². The molecule has 0 spiro atoms. The van der Waals surface area contributed by atoms with Gasteiger partial charge in [-0.1, -0.05) is 0 Å². The van der Waals surface area contributed by atoms with Crippen LogP contribution in [0.3, 0.4) is 0 Å². The molecule has 0 aliphatic carbocycles. The lowest BCUT2D eigenvalue weighted by molar-refractivity contribution is 1.03. The topological polar surface area (TPSA) is 41.4 Å². The average molecular weight is 150 g/mol. The summed E-state index contributed by atoms with van der Waals surface area (Å²) in [6, 6.07) is 0. The Balaban J connectivity index is 3.12. The van der Waals surface area contributed by atoms with Gasteiger partial charge in [-0.2, -0.15) is 0 Å². The number of nitrogens with zero attached hydrogens (tertiary/aromatic N) is 4. The molecule has 1 aromatic rings. The molecule has 4 heteroatoms. The summed E-state index contributed by atoms with van der Waals surface area (Å²) in [6.07, 6.45) is 3.12. The third-order valence-electron chi connectivity index (χ3n) is 1.27. The Kier molecular flexibility index (Phi) is 2.15. The summed E-state index contributed by atoms with van der Waals surface area (Å²) in [5.74, 6) is 0.787. The molecule has 0 saturated carbocycles. The van der Waals surface area contributed by atoms with E-state index in [1.807, 2.05) is 19.0 Å². The Morgan fingerprint density at radius 3 is 2.73 bits per heavy atom. The Hall–Kier alpha value is -1.45. The number of hydrogen-bond acceptors (Lipinski definition) is 4. The molecule has 0 bridgehead atoms. The minimum absolute atomic E-state index is 0.706. The molecule has 0 aliphatic heterocycles. The maximum absolute atomic E-state index is 4.03. The van der Waals surface area contributed by atoms with E-state index in [1.54, 1.807) is 6.20 Å². The fourth-order valence-corrected chi connectivity index (χ4v) is 0.772. The second-order valence-electron chi connectivity index (χ2n) is 2.28. The molecule has 0 N–H and O–H groups in total. The highest BCUT2D eigenvalue weighted by Crippen LogP contribution is 2.21. The van der Waals surface area contributed by atoms with Crippen molar-refractivity contribution in [2.45, 2.75) is 0 Å². The monoisotopic (exact) mass is 150 g/mol. The van der Waals surface area contributed by atoms with Crippen molar-refractivity contribution in [2.75, 3.05) is 19.0 Å². The Bertz CT molecular complexity index is 256. The normalized spacial score (nSPS) is 9.27. The van der Waals surface area contributed by atoms with Crippen LogP contribution in [0.25, 0.3) is 0 Å². The fourth-order valence-electron chi connectivity index (χ4n) is 0.772. The van der Waals surface area contributed by atoms with Crippen molar-refractivity contribution < 1.29 is 0 Å². The van der Waals surface area contributed by atoms with Crippen LogP contribution in [-0.2, 0) is 0 Å². The molecule has 0 unspecified atom stereocenters. The zero-order valence-electron chi connectivity index (χ0n) is 6.65. The highest BCUT2D eigenvalue weighted by Gasteiger charge is 2.01. The smallest absolute Gasteiger partial charge is 0.157 e. The van der Waals surface area contributed by atoms with Gasteiger partial charge in [0.05, 0.1) is 6.20 Å². The van der Waals surface area contributed by atoms with Crippen molar-refractivity contribution in [3.8, 4) is 0 Å². The van der Waals surface area contributed by atoms with Crippen molar-refractivity contribution in [2.24, 2.45) is 4.99 Å². The Labute approximate surface area is 65.6 Å². The van der Waals surface area contributed by atoms with Gasteiger partial charge in [0.1, 0.15) is 12.0 Å². The summed E-state index contributed by atoms with van der Waals surface area (Å²) in [4.78, 5) is 13.5. The molecule has 0 aromatic carbocycles. The van der Waals surface area contributed by atoms with Crippen LogP contribution in [0.4, 0.5) is 11.5 Å². The Morgan fingerprint density at radius 1 is 1.55 bits per heavy atom. The molecule has 11 heavy (non-hydrogen) atoms. The minimum Gasteiger partial charge on any atom is -0.361 e. The lowest BCUT2D eigenvalue weighted by Gasteiger charge is -2.11. The van der Waals surface area contributed by atoms with Crippen LogP contribution in [0, 0.1) is 0 Å². The van der Waals surface area contributed by atoms with Gasteiger partial charge in [-0.25, -0.2) is 9.97 Å². The zero-order chi connectivity index (χ0) is 8.27. The highest BCUT2D eigenvalue weighted by atomic mass is 15.2. The summed E-state index contributed by atoms with van der Waals surface area (Å²) in [7, 11) is 3.80. The molecule has 4 nitrogen and oxygen atoms in total. The van der Waals surface area contributed by atoms with E-state index < -0.39 is 0 Å². The lowest BCUT2D eigenvalue weighted by atomic mass is 10.4. The van der Waals surface area contributed by atoms with E-state index in [1.165, 1.54) is 6.33 Å². The molecule has 0 radical (unpaired) electrons. The highest BCUT2D eigenvalue weighted by molar-refractivity contribution is 5.62. The first-order chi connectivity index (χ1) is 5.25. The van der Waals surface area contributed by atoms with Crippen LogP contribution in [0.1, 0.15) is 0 Å². The van der Waals surface area contributed by atoms with Gasteiger partial charge in [-0.15, -0.1) is 0 Å². The van der Waals surface area contributed by atoms with Crippen molar-refractivity contribution in [1.82, 2.24) is 9.97 Å². The number of aromatic nitrogens is 2. The molecular formula is C7H10N4. The van der Waals surface area contributed by atoms with Gasteiger partial charge in [0.15, 0.2) is 5.82 Å². The van der Waals surface area contributed by atoms with Gasteiger partial charge in [-0.3, -0.25) is 4.99 Å². The van der Waals surface area contributed by atoms with Crippen molar-refractivity contribution in [3.63, 3.8) is 0 Å². The van der Waals surface area contributed by atoms with Gasteiger partial charge < -0.3 is 4.90 Å². The molecule has 1 rings (SSSR count). The van der Waals surface area contributed by atoms with E-state index in [2.05, 4.69) is 21.7 Å². The first-order valence-electron chi connectivity index (χ1n) is 3.19. The number of anilines is 1. The predicted molar refractivity (Wildman–Crippen MR) is 45.6 cm³/mol. The Morgan fingerprint density at radius 2 is 2.27 bits per heavy atom. The van der Waals surface area contributed by atoms with Crippen LogP contribution < -0.4 is 4.90 Å².